The summed E-state index contributed by atoms with van der Waals surface area (Å²) < 4.78 is 0. The molecule has 4 rings (SSSR count). The van der Waals surface area contributed by atoms with Gasteiger partial charge in [0.25, 0.3) is 0 Å². The first-order valence-corrected chi connectivity index (χ1v) is 9.48. The number of fused-ring (bicyclic) bond motifs is 2. The van der Waals surface area contributed by atoms with Gasteiger partial charge in [0.2, 0.25) is 23.1 Å². The molecule has 2 unspecified atom stereocenters. The number of carbonyl (C=O) groups is 4. The average molecular weight is 376 g/mol. The van der Waals surface area contributed by atoms with Crippen LogP contribution in [0.5, 0.6) is 0 Å². The quantitative estimate of drug-likeness (QED) is 0.590. The molecule has 2 aliphatic carbocycles. The van der Waals surface area contributed by atoms with Crippen molar-refractivity contribution < 1.29 is 19.2 Å². The average Bonchev–Trinajstić information content (AvgIpc) is 3.03. The maximum Gasteiger partial charge on any atom is 0.233 e. The topological polar surface area (TPSA) is 68.3 Å². The van der Waals surface area contributed by atoms with Crippen LogP contribution in [-0.2, 0) is 9.59 Å². The van der Waals surface area contributed by atoms with Crippen LogP contribution in [0.3, 0.4) is 0 Å². The maximum atomic E-state index is 11.8. The van der Waals surface area contributed by atoms with Crippen molar-refractivity contribution in [3.63, 3.8) is 0 Å². The highest BCUT2D eigenvalue weighted by Gasteiger charge is 2.66. The summed E-state index contributed by atoms with van der Waals surface area (Å²) in [6, 6.07) is 17.2. The van der Waals surface area contributed by atoms with Gasteiger partial charge in [0, 0.05) is 22.5 Å². The van der Waals surface area contributed by atoms with Gasteiger partial charge in [0.05, 0.1) is 0 Å². The summed E-state index contributed by atoms with van der Waals surface area (Å²) in [5, 5.41) is 0. The molecule has 0 saturated heterocycles. The molecule has 2 aromatic carbocycles. The van der Waals surface area contributed by atoms with Crippen LogP contribution in [0.4, 0.5) is 0 Å². The second kappa shape index (κ2) is 7.27. The highest BCUT2D eigenvalue weighted by atomic mass is 16.2. The molecule has 28 heavy (non-hydrogen) atoms. The number of hydrogen-bond donors (Lipinski definition) is 0. The van der Waals surface area contributed by atoms with Gasteiger partial charge in [-0.2, -0.15) is 0 Å². The zero-order chi connectivity index (χ0) is 20.5. The van der Waals surface area contributed by atoms with Crippen LogP contribution < -0.4 is 0 Å². The highest BCUT2D eigenvalue weighted by molar-refractivity contribution is 6.49. The third-order valence-electron chi connectivity index (χ3n) is 6.55. The van der Waals surface area contributed by atoms with Crippen LogP contribution >= 0.6 is 0 Å². The Bertz CT molecular complexity index is 878. The number of Topliss-reactive ketones (excluding diaryl/α,β-unsaturated/α-hetero) is 4. The first-order valence-electron chi connectivity index (χ1n) is 9.48. The normalized spacial score (nSPS) is 24.5. The van der Waals surface area contributed by atoms with Crippen LogP contribution in [0.25, 0.3) is 0 Å². The van der Waals surface area contributed by atoms with E-state index in [-0.39, 0.29) is 28.3 Å². The van der Waals surface area contributed by atoms with Crippen molar-refractivity contribution >= 4 is 23.1 Å². The van der Waals surface area contributed by atoms with Gasteiger partial charge >= 0.3 is 0 Å². The zero-order valence-electron chi connectivity index (χ0n) is 16.4. The molecular weight excluding hydrogens is 352 g/mol. The maximum absolute atomic E-state index is 11.8. The predicted octanol–water partition coefficient (Wildman–Crippen LogP) is 4.33. The molecule has 4 heteroatoms. The van der Waals surface area contributed by atoms with Crippen molar-refractivity contribution in [3.05, 3.63) is 71.8 Å². The summed E-state index contributed by atoms with van der Waals surface area (Å²) in [6.07, 6.45) is 1.81. The van der Waals surface area contributed by atoms with Crippen LogP contribution in [-0.4, -0.2) is 23.1 Å². The molecule has 2 saturated carbocycles. The first kappa shape index (κ1) is 19.9. The van der Waals surface area contributed by atoms with Gasteiger partial charge in [-0.05, 0) is 18.3 Å². The highest BCUT2D eigenvalue weighted by Crippen LogP contribution is 2.61. The molecule has 2 aliphatic rings. The number of benzene rings is 2. The minimum absolute atomic E-state index is 0.00926. The molecular formula is C24H24O4. The van der Waals surface area contributed by atoms with Crippen LogP contribution in [0.1, 0.15) is 54.3 Å². The summed E-state index contributed by atoms with van der Waals surface area (Å²) in [5.41, 5.74) is 0.406. The Morgan fingerprint density at radius 2 is 1.21 bits per heavy atom. The lowest BCUT2D eigenvalue weighted by molar-refractivity contribution is -0.141. The van der Waals surface area contributed by atoms with Gasteiger partial charge in [-0.3, -0.25) is 19.2 Å². The second-order valence-electron chi connectivity index (χ2n) is 8.23. The van der Waals surface area contributed by atoms with E-state index in [0.717, 1.165) is 12.8 Å². The minimum Gasteiger partial charge on any atom is -0.291 e. The predicted molar refractivity (Wildman–Crippen MR) is 106 cm³/mol. The van der Waals surface area contributed by atoms with E-state index >= 15 is 0 Å². The molecule has 4 nitrogen and oxygen atoms in total. The summed E-state index contributed by atoms with van der Waals surface area (Å²) in [5.74, 6) is -1.16. The van der Waals surface area contributed by atoms with Gasteiger partial charge in [0.15, 0.2) is 0 Å². The molecule has 0 aromatic heterocycles. The Morgan fingerprint density at radius 3 is 1.50 bits per heavy atom. The molecule has 0 amide bonds. The molecule has 0 N–H and O–H groups in total. The van der Waals surface area contributed by atoms with Crippen molar-refractivity contribution in [1.29, 1.82) is 0 Å². The van der Waals surface area contributed by atoms with E-state index in [4.69, 9.17) is 0 Å². The van der Waals surface area contributed by atoms with Crippen LogP contribution in [0.2, 0.25) is 0 Å². The molecule has 2 aromatic rings. The van der Waals surface area contributed by atoms with Crippen molar-refractivity contribution in [2.24, 2.45) is 16.7 Å². The van der Waals surface area contributed by atoms with E-state index in [2.05, 4.69) is 0 Å². The minimum atomic E-state index is -0.466. The van der Waals surface area contributed by atoms with Gasteiger partial charge < -0.3 is 0 Å². The molecule has 0 heterocycles. The third kappa shape index (κ3) is 3.13. The number of carbonyl (C=O) groups excluding carboxylic acids is 4. The van der Waals surface area contributed by atoms with Crippen molar-refractivity contribution in [2.45, 2.75) is 33.6 Å². The fourth-order valence-corrected chi connectivity index (χ4v) is 4.24. The lowest BCUT2D eigenvalue weighted by atomic mass is 9.70. The van der Waals surface area contributed by atoms with E-state index < -0.39 is 11.6 Å². The zero-order valence-corrected chi connectivity index (χ0v) is 16.4. The third-order valence-corrected chi connectivity index (χ3v) is 6.55. The molecule has 0 spiro atoms. The molecule has 2 bridgehead atoms. The van der Waals surface area contributed by atoms with E-state index in [1.807, 2.05) is 32.9 Å². The fraction of sp³-hybridized carbons (Fsp3) is 0.333. The largest absolute Gasteiger partial charge is 0.291 e. The molecule has 144 valence electrons. The standard InChI is InChI=1S/C14H10O2.C10H14O2/c15-13(11-7-3-1-4-8-11)14(16)12-9-5-2-6-10-12;1-9(2)6-4-5-10(9,3)8(12)7(6)11/h1-10H;6H,4-5H2,1-3H3. The van der Waals surface area contributed by atoms with Crippen molar-refractivity contribution in [2.75, 3.05) is 0 Å². The van der Waals surface area contributed by atoms with Crippen molar-refractivity contribution in [3.8, 4) is 0 Å². The molecule has 0 aliphatic heterocycles. The Morgan fingerprint density at radius 1 is 0.786 bits per heavy atom. The summed E-state index contributed by atoms with van der Waals surface area (Å²) in [4.78, 5) is 46.6. The van der Waals surface area contributed by atoms with Gasteiger partial charge in [-0.1, -0.05) is 81.4 Å². The number of hydrogen-bond acceptors (Lipinski definition) is 4. The lowest BCUT2D eigenvalue weighted by Gasteiger charge is -2.31. The fourth-order valence-electron chi connectivity index (χ4n) is 4.24. The molecule has 0 radical (unpaired) electrons. The molecule has 2 atom stereocenters. The van der Waals surface area contributed by atoms with E-state index in [9.17, 15) is 19.2 Å². The Balaban J connectivity index is 0.000000167. The summed E-state index contributed by atoms with van der Waals surface area (Å²) in [7, 11) is 0. The second-order valence-corrected chi connectivity index (χ2v) is 8.23. The smallest absolute Gasteiger partial charge is 0.233 e. The van der Waals surface area contributed by atoms with Gasteiger partial charge in [-0.25, -0.2) is 0 Å². The summed E-state index contributed by atoms with van der Waals surface area (Å²) in [6.45, 7) is 6.04. The number of rotatable bonds is 3. The Labute approximate surface area is 165 Å². The van der Waals surface area contributed by atoms with Gasteiger partial charge in [0.1, 0.15) is 0 Å². The number of ketones is 4. The van der Waals surface area contributed by atoms with E-state index in [0.29, 0.717) is 11.1 Å². The van der Waals surface area contributed by atoms with Crippen LogP contribution in [0, 0.1) is 16.7 Å². The van der Waals surface area contributed by atoms with Gasteiger partial charge in [-0.15, -0.1) is 0 Å². The van der Waals surface area contributed by atoms with E-state index in [1.165, 1.54) is 0 Å². The SMILES string of the molecule is CC12CCC(C(=O)C1=O)C2(C)C.O=C(C(=O)c1ccccc1)c1ccccc1. The first-order chi connectivity index (χ1) is 13.2. The molecule has 2 fully saturated rings. The Hall–Kier alpha value is -2.88. The lowest BCUT2D eigenvalue weighted by Crippen LogP contribution is -2.33. The Kier molecular flexibility index (Phi) is 5.16. The van der Waals surface area contributed by atoms with Crippen molar-refractivity contribution in [1.82, 2.24) is 0 Å². The van der Waals surface area contributed by atoms with Crippen LogP contribution in [0.15, 0.2) is 60.7 Å². The monoisotopic (exact) mass is 376 g/mol. The van der Waals surface area contributed by atoms with E-state index in [1.54, 1.807) is 48.5 Å². The summed E-state index contributed by atoms with van der Waals surface area (Å²) >= 11 is 0.